The number of carbonyl (C=O) groups is 1. The number of nitrogens with one attached hydrogen (secondary N) is 1. The molecule has 0 unspecified atom stereocenters. The average molecular weight is 311 g/mol. The van der Waals surface area contributed by atoms with Gasteiger partial charge < -0.3 is 10.1 Å². The van der Waals surface area contributed by atoms with Gasteiger partial charge in [-0.15, -0.1) is 0 Å². The molecule has 1 aliphatic rings. The lowest BCUT2D eigenvalue weighted by molar-refractivity contribution is 0.102. The van der Waals surface area contributed by atoms with E-state index in [4.69, 9.17) is 4.74 Å². The van der Waals surface area contributed by atoms with E-state index in [0.29, 0.717) is 12.5 Å². The molecule has 14 heavy (non-hydrogen) atoms. The third kappa shape index (κ3) is 4.48. The van der Waals surface area contributed by atoms with Gasteiger partial charge in [-0.3, -0.25) is 0 Å². The Morgan fingerprint density at radius 3 is 2.50 bits per heavy atom. The van der Waals surface area contributed by atoms with Crippen LogP contribution in [0.25, 0.3) is 0 Å². The molecule has 1 rings (SSSR count). The van der Waals surface area contributed by atoms with Crippen LogP contribution < -0.4 is 5.32 Å². The molecule has 0 heterocycles. The fourth-order valence-corrected chi connectivity index (χ4v) is 2.76. The van der Waals surface area contributed by atoms with E-state index >= 15 is 0 Å². The fraction of sp³-hybridized carbons (Fsp3) is 0.900. The number of amides is 1. The Bertz CT molecular complexity index is 207. The van der Waals surface area contributed by atoms with Crippen LogP contribution in [0, 0.1) is 5.92 Å². The van der Waals surface area contributed by atoms with Gasteiger partial charge in [0.05, 0.1) is 6.61 Å². The quantitative estimate of drug-likeness (QED) is 0.629. The van der Waals surface area contributed by atoms with Crippen molar-refractivity contribution in [3.8, 4) is 0 Å². The first-order valence-corrected chi connectivity index (χ1v) is 6.20. The largest absolute Gasteiger partial charge is 0.449 e. The zero-order valence-corrected chi connectivity index (χ0v) is 11.1. The van der Waals surface area contributed by atoms with Gasteiger partial charge in [0.1, 0.15) is 0 Å². The molecule has 0 atom stereocenters. The summed E-state index contributed by atoms with van der Waals surface area (Å²) in [5.74, 6) is 0.586. The molecule has 1 aliphatic carbocycles. The number of alkyl halides is 1. The predicted octanol–water partition coefficient (Wildman–Crippen LogP) is 2.72. The molecule has 0 aromatic carbocycles. The SMILES string of the molecule is CC(C)(C)NC(=O)OCC1CC(I)C1. The predicted molar refractivity (Wildman–Crippen MR) is 64.8 cm³/mol. The van der Waals surface area contributed by atoms with E-state index in [2.05, 4.69) is 27.9 Å². The van der Waals surface area contributed by atoms with Gasteiger partial charge in [-0.25, -0.2) is 4.79 Å². The van der Waals surface area contributed by atoms with Crippen LogP contribution in [0.3, 0.4) is 0 Å². The second kappa shape index (κ2) is 4.68. The van der Waals surface area contributed by atoms with Crippen LogP contribution >= 0.6 is 22.6 Å². The van der Waals surface area contributed by atoms with Crippen LogP contribution in [0.5, 0.6) is 0 Å². The van der Waals surface area contributed by atoms with Crippen molar-refractivity contribution in [3.63, 3.8) is 0 Å². The molecule has 0 spiro atoms. The molecule has 1 saturated carbocycles. The van der Waals surface area contributed by atoms with Gasteiger partial charge >= 0.3 is 6.09 Å². The summed E-state index contributed by atoms with van der Waals surface area (Å²) in [6, 6.07) is 0. The summed E-state index contributed by atoms with van der Waals surface area (Å²) in [5, 5.41) is 2.77. The van der Waals surface area contributed by atoms with E-state index in [1.165, 1.54) is 12.8 Å². The third-order valence-corrected chi connectivity index (χ3v) is 3.12. The fourth-order valence-electron chi connectivity index (χ4n) is 1.33. The Morgan fingerprint density at radius 2 is 2.07 bits per heavy atom. The smallest absolute Gasteiger partial charge is 0.407 e. The molecule has 0 aliphatic heterocycles. The van der Waals surface area contributed by atoms with Gasteiger partial charge in [-0.1, -0.05) is 22.6 Å². The van der Waals surface area contributed by atoms with Crippen LogP contribution in [0.4, 0.5) is 4.79 Å². The number of rotatable bonds is 2. The van der Waals surface area contributed by atoms with Crippen molar-refractivity contribution in [2.24, 2.45) is 5.92 Å². The maximum atomic E-state index is 11.2. The third-order valence-electron chi connectivity index (χ3n) is 2.11. The first-order valence-electron chi connectivity index (χ1n) is 4.96. The normalized spacial score (nSPS) is 26.6. The minimum absolute atomic E-state index is 0.206. The number of alkyl carbamates (subject to hydrolysis) is 1. The van der Waals surface area contributed by atoms with Crippen LogP contribution in [-0.2, 0) is 4.74 Å². The van der Waals surface area contributed by atoms with E-state index < -0.39 is 0 Å². The number of halogens is 1. The minimum Gasteiger partial charge on any atom is -0.449 e. The molecule has 0 saturated heterocycles. The Kier molecular flexibility index (Phi) is 4.04. The highest BCUT2D eigenvalue weighted by atomic mass is 127. The zero-order valence-electron chi connectivity index (χ0n) is 8.97. The highest BCUT2D eigenvalue weighted by Gasteiger charge is 2.28. The number of hydrogen-bond donors (Lipinski definition) is 1. The van der Waals surface area contributed by atoms with Crippen molar-refractivity contribution in [1.29, 1.82) is 0 Å². The molecule has 0 aromatic heterocycles. The maximum absolute atomic E-state index is 11.2. The number of ether oxygens (including phenoxy) is 1. The lowest BCUT2D eigenvalue weighted by atomic mass is 9.86. The van der Waals surface area contributed by atoms with Crippen LogP contribution in [0.2, 0.25) is 0 Å². The van der Waals surface area contributed by atoms with Crippen molar-refractivity contribution >= 4 is 28.7 Å². The number of hydrogen-bond acceptors (Lipinski definition) is 2. The van der Waals surface area contributed by atoms with Crippen LogP contribution in [-0.4, -0.2) is 22.2 Å². The molecule has 1 fully saturated rings. The highest BCUT2D eigenvalue weighted by molar-refractivity contribution is 14.1. The Morgan fingerprint density at radius 1 is 1.50 bits per heavy atom. The van der Waals surface area contributed by atoms with Crippen molar-refractivity contribution < 1.29 is 9.53 Å². The summed E-state index contributed by atoms with van der Waals surface area (Å²) < 4.78 is 5.90. The Hall–Kier alpha value is 0. The molecule has 3 nitrogen and oxygen atoms in total. The van der Waals surface area contributed by atoms with Crippen molar-refractivity contribution in [2.75, 3.05) is 6.61 Å². The molecule has 0 radical (unpaired) electrons. The van der Waals surface area contributed by atoms with Gasteiger partial charge in [-0.2, -0.15) is 0 Å². The molecular weight excluding hydrogens is 293 g/mol. The minimum atomic E-state index is -0.297. The van der Waals surface area contributed by atoms with Gasteiger partial charge in [0, 0.05) is 9.46 Å². The Labute approximate surface area is 99.1 Å². The molecule has 0 aromatic rings. The second-order valence-corrected chi connectivity index (χ2v) is 6.67. The van der Waals surface area contributed by atoms with E-state index in [1.54, 1.807) is 0 Å². The summed E-state index contributed by atoms with van der Waals surface area (Å²) in [7, 11) is 0. The van der Waals surface area contributed by atoms with Gasteiger partial charge in [0.2, 0.25) is 0 Å². The first-order chi connectivity index (χ1) is 6.37. The molecule has 1 N–H and O–H groups in total. The zero-order chi connectivity index (χ0) is 10.8. The second-order valence-electron chi connectivity index (χ2n) is 4.91. The van der Waals surface area contributed by atoms with Crippen LogP contribution in [0.1, 0.15) is 33.6 Å². The Balaban J connectivity index is 2.10. The average Bonchev–Trinajstić information content (AvgIpc) is 1.92. The van der Waals surface area contributed by atoms with Crippen molar-refractivity contribution in [2.45, 2.75) is 43.1 Å². The topological polar surface area (TPSA) is 38.3 Å². The maximum Gasteiger partial charge on any atom is 0.407 e. The van der Waals surface area contributed by atoms with Gasteiger partial charge in [0.25, 0.3) is 0 Å². The van der Waals surface area contributed by atoms with Gasteiger partial charge in [-0.05, 0) is 39.5 Å². The van der Waals surface area contributed by atoms with Crippen LogP contribution in [0.15, 0.2) is 0 Å². The van der Waals surface area contributed by atoms with Crippen molar-refractivity contribution in [3.05, 3.63) is 0 Å². The molecule has 4 heteroatoms. The first kappa shape index (κ1) is 12.1. The lowest BCUT2D eigenvalue weighted by Gasteiger charge is -2.31. The number of carbonyl (C=O) groups excluding carboxylic acids is 1. The molecular formula is C10H18INO2. The van der Waals surface area contributed by atoms with E-state index in [-0.39, 0.29) is 11.6 Å². The van der Waals surface area contributed by atoms with Crippen molar-refractivity contribution in [1.82, 2.24) is 5.32 Å². The molecule has 82 valence electrons. The lowest BCUT2D eigenvalue weighted by Crippen LogP contribution is -2.42. The standard InChI is InChI=1S/C10H18INO2/c1-10(2,3)12-9(13)14-6-7-4-8(11)5-7/h7-8H,4-6H2,1-3H3,(H,12,13). The van der Waals surface area contributed by atoms with Gasteiger partial charge in [0.15, 0.2) is 0 Å². The van der Waals surface area contributed by atoms with E-state index in [1.807, 2.05) is 20.8 Å². The highest BCUT2D eigenvalue weighted by Crippen LogP contribution is 2.33. The monoisotopic (exact) mass is 311 g/mol. The van der Waals surface area contributed by atoms with E-state index in [9.17, 15) is 4.79 Å². The molecule has 1 amide bonds. The summed E-state index contributed by atoms with van der Waals surface area (Å²) in [4.78, 5) is 11.2. The summed E-state index contributed by atoms with van der Waals surface area (Å²) in [6.07, 6.45) is 2.07. The van der Waals surface area contributed by atoms with E-state index in [0.717, 1.165) is 3.92 Å². The summed E-state index contributed by atoms with van der Waals surface area (Å²) in [5.41, 5.74) is -0.206. The molecule has 0 bridgehead atoms. The summed E-state index contributed by atoms with van der Waals surface area (Å²) >= 11 is 2.43. The summed E-state index contributed by atoms with van der Waals surface area (Å²) in [6.45, 7) is 6.40.